The van der Waals surface area contributed by atoms with E-state index in [1.54, 1.807) is 0 Å². The maximum absolute atomic E-state index is 5.94. The molecule has 0 spiro atoms. The Kier molecular flexibility index (Phi) is 2.11. The first-order valence-electron chi connectivity index (χ1n) is 3.99. The van der Waals surface area contributed by atoms with Crippen LogP contribution in [-0.2, 0) is 0 Å². The Morgan fingerprint density at radius 1 is 1.38 bits per heavy atom. The van der Waals surface area contributed by atoms with Gasteiger partial charge in [-0.2, -0.15) is 0 Å². The fraction of sp³-hybridized carbons (Fsp3) is 0.100. The molecule has 0 unspecified atom stereocenters. The van der Waals surface area contributed by atoms with Crippen molar-refractivity contribution in [3.8, 4) is 0 Å². The first kappa shape index (κ1) is 8.74. The van der Waals surface area contributed by atoms with Gasteiger partial charge >= 0.3 is 0 Å². The topological polar surface area (TPSA) is 38.9 Å². The number of anilines is 1. The van der Waals surface area contributed by atoms with Crippen molar-refractivity contribution in [2.75, 3.05) is 5.73 Å². The molecule has 2 N–H and O–H groups in total. The van der Waals surface area contributed by atoms with E-state index in [4.69, 9.17) is 5.73 Å². The zero-order valence-electron chi connectivity index (χ0n) is 7.21. The maximum Gasteiger partial charge on any atom is 0.0752 e. The average Bonchev–Trinajstić information content (AvgIpc) is 2.12. The molecule has 0 radical (unpaired) electrons. The van der Waals surface area contributed by atoms with Crippen LogP contribution >= 0.6 is 22.6 Å². The summed E-state index contributed by atoms with van der Waals surface area (Å²) in [6.45, 7) is 2.04. The van der Waals surface area contributed by atoms with Crippen molar-refractivity contribution < 1.29 is 0 Å². The summed E-state index contributed by atoms with van der Waals surface area (Å²) in [5.74, 6) is 0. The molecule has 0 bridgehead atoms. The van der Waals surface area contributed by atoms with Crippen LogP contribution in [0, 0.1) is 10.5 Å². The molecule has 0 aliphatic rings. The van der Waals surface area contributed by atoms with Gasteiger partial charge in [-0.3, -0.25) is 4.98 Å². The molecule has 1 aromatic heterocycles. The summed E-state index contributed by atoms with van der Waals surface area (Å²) in [7, 11) is 0. The van der Waals surface area contributed by atoms with Gasteiger partial charge < -0.3 is 5.73 Å². The number of hydrogen-bond donors (Lipinski definition) is 1. The Morgan fingerprint density at radius 3 is 2.92 bits per heavy atom. The number of pyridine rings is 1. The fourth-order valence-electron chi connectivity index (χ4n) is 1.37. The van der Waals surface area contributed by atoms with Crippen LogP contribution in [0.1, 0.15) is 5.56 Å². The first-order valence-corrected chi connectivity index (χ1v) is 5.07. The highest BCUT2D eigenvalue weighted by Crippen LogP contribution is 2.25. The number of benzene rings is 1. The number of nitrogens with zero attached hydrogens (tertiary/aromatic N) is 1. The first-order chi connectivity index (χ1) is 6.20. The molecule has 2 rings (SSSR count). The van der Waals surface area contributed by atoms with Crippen LogP contribution in [0.15, 0.2) is 24.4 Å². The molecule has 0 saturated carbocycles. The number of aryl methyl sites for hydroxylation is 1. The van der Waals surface area contributed by atoms with Gasteiger partial charge in [0.05, 0.1) is 14.8 Å². The fourth-order valence-corrected chi connectivity index (χ4v) is 1.80. The van der Waals surface area contributed by atoms with Gasteiger partial charge in [0.2, 0.25) is 0 Å². The van der Waals surface area contributed by atoms with Gasteiger partial charge in [-0.15, -0.1) is 0 Å². The van der Waals surface area contributed by atoms with Crippen molar-refractivity contribution >= 4 is 39.2 Å². The lowest BCUT2D eigenvalue weighted by molar-refractivity contribution is 1.35. The number of rotatable bonds is 0. The smallest absolute Gasteiger partial charge is 0.0752 e. The lowest BCUT2D eigenvalue weighted by Crippen LogP contribution is -1.94. The van der Waals surface area contributed by atoms with Gasteiger partial charge in [-0.05, 0) is 35.1 Å². The Morgan fingerprint density at radius 2 is 2.15 bits per heavy atom. The Labute approximate surface area is 90.3 Å². The minimum absolute atomic E-state index is 0.828. The van der Waals surface area contributed by atoms with E-state index in [0.29, 0.717) is 0 Å². The Bertz CT molecular complexity index is 466. The van der Waals surface area contributed by atoms with Gasteiger partial charge in [0, 0.05) is 11.6 Å². The highest BCUT2D eigenvalue weighted by Gasteiger charge is 2.03. The number of hydrogen-bond acceptors (Lipinski definition) is 2. The van der Waals surface area contributed by atoms with Crippen molar-refractivity contribution in [3.63, 3.8) is 0 Å². The van der Waals surface area contributed by atoms with Gasteiger partial charge in [0.25, 0.3) is 0 Å². The average molecular weight is 284 g/mol. The number of nitrogen functional groups attached to an aromatic ring is 1. The normalized spacial score (nSPS) is 10.6. The van der Waals surface area contributed by atoms with Crippen LogP contribution in [0.4, 0.5) is 5.69 Å². The minimum Gasteiger partial charge on any atom is -0.397 e. The molecule has 0 atom stereocenters. The standard InChI is InChI=1S/C10H9IN2/c1-6-3-2-4-7-9(12)8(11)5-13-10(6)7/h2-5H,1H3,(H2,12,13). The van der Waals surface area contributed by atoms with E-state index >= 15 is 0 Å². The number of halogens is 1. The predicted octanol–water partition coefficient (Wildman–Crippen LogP) is 2.73. The molecule has 3 heteroatoms. The second-order valence-electron chi connectivity index (χ2n) is 2.99. The van der Waals surface area contributed by atoms with Crippen molar-refractivity contribution in [2.45, 2.75) is 6.92 Å². The summed E-state index contributed by atoms with van der Waals surface area (Å²) in [6.07, 6.45) is 1.81. The molecule has 13 heavy (non-hydrogen) atoms. The number of aromatic nitrogens is 1. The zero-order valence-corrected chi connectivity index (χ0v) is 9.37. The molecule has 0 aliphatic heterocycles. The molecular weight excluding hydrogens is 275 g/mol. The summed E-state index contributed by atoms with van der Waals surface area (Å²) in [4.78, 5) is 4.35. The molecule has 2 aromatic rings. The predicted molar refractivity (Wildman–Crippen MR) is 63.6 cm³/mol. The monoisotopic (exact) mass is 284 g/mol. The van der Waals surface area contributed by atoms with Crippen LogP contribution in [-0.4, -0.2) is 4.98 Å². The summed E-state index contributed by atoms with van der Waals surface area (Å²) >= 11 is 2.20. The molecule has 2 nitrogen and oxygen atoms in total. The van der Waals surface area contributed by atoms with E-state index in [0.717, 1.165) is 20.2 Å². The Balaban J connectivity index is 2.94. The van der Waals surface area contributed by atoms with Crippen molar-refractivity contribution in [2.24, 2.45) is 0 Å². The molecule has 1 heterocycles. The third-order valence-corrected chi connectivity index (χ3v) is 2.95. The van der Waals surface area contributed by atoms with Crippen LogP contribution in [0.25, 0.3) is 10.9 Å². The van der Waals surface area contributed by atoms with Crippen LogP contribution in [0.2, 0.25) is 0 Å². The van der Waals surface area contributed by atoms with Crippen molar-refractivity contribution in [3.05, 3.63) is 33.5 Å². The van der Waals surface area contributed by atoms with Gasteiger partial charge in [0.1, 0.15) is 0 Å². The summed E-state index contributed by atoms with van der Waals surface area (Å²) in [6, 6.07) is 6.06. The highest BCUT2D eigenvalue weighted by atomic mass is 127. The van der Waals surface area contributed by atoms with Gasteiger partial charge in [-0.25, -0.2) is 0 Å². The third kappa shape index (κ3) is 1.37. The molecule has 0 fully saturated rings. The summed E-state index contributed by atoms with van der Waals surface area (Å²) in [5.41, 5.74) is 8.94. The quantitative estimate of drug-likeness (QED) is 0.755. The minimum atomic E-state index is 0.828. The Hall–Kier alpha value is -0.840. The SMILES string of the molecule is Cc1cccc2c(N)c(I)cnc12. The van der Waals surface area contributed by atoms with Crippen LogP contribution in [0.5, 0.6) is 0 Å². The third-order valence-electron chi connectivity index (χ3n) is 2.09. The number of nitrogens with two attached hydrogens (primary N) is 1. The molecule has 0 saturated heterocycles. The van der Waals surface area contributed by atoms with Crippen molar-refractivity contribution in [1.29, 1.82) is 0 Å². The maximum atomic E-state index is 5.94. The van der Waals surface area contributed by atoms with E-state index in [2.05, 4.69) is 27.6 Å². The van der Waals surface area contributed by atoms with E-state index in [-0.39, 0.29) is 0 Å². The van der Waals surface area contributed by atoms with Crippen LogP contribution in [0.3, 0.4) is 0 Å². The van der Waals surface area contributed by atoms with Gasteiger partial charge in [-0.1, -0.05) is 18.2 Å². The molecule has 1 aromatic carbocycles. The molecule has 66 valence electrons. The summed E-state index contributed by atoms with van der Waals surface area (Å²) in [5, 5.41) is 1.05. The van der Waals surface area contributed by atoms with E-state index < -0.39 is 0 Å². The second kappa shape index (κ2) is 3.14. The largest absolute Gasteiger partial charge is 0.397 e. The van der Waals surface area contributed by atoms with Gasteiger partial charge in [0.15, 0.2) is 0 Å². The number of para-hydroxylation sites is 1. The molecule has 0 amide bonds. The number of fused-ring (bicyclic) bond motifs is 1. The van der Waals surface area contributed by atoms with Crippen LogP contribution < -0.4 is 5.73 Å². The second-order valence-corrected chi connectivity index (χ2v) is 4.15. The summed E-state index contributed by atoms with van der Waals surface area (Å²) < 4.78 is 1.01. The van der Waals surface area contributed by atoms with E-state index in [1.165, 1.54) is 5.56 Å². The van der Waals surface area contributed by atoms with E-state index in [9.17, 15) is 0 Å². The highest BCUT2D eigenvalue weighted by molar-refractivity contribution is 14.1. The molecular formula is C10H9IN2. The zero-order chi connectivity index (χ0) is 9.42. The van der Waals surface area contributed by atoms with Crippen molar-refractivity contribution in [1.82, 2.24) is 4.98 Å². The lowest BCUT2D eigenvalue weighted by Gasteiger charge is -2.04. The van der Waals surface area contributed by atoms with E-state index in [1.807, 2.05) is 31.3 Å². The lowest BCUT2D eigenvalue weighted by atomic mass is 10.1. The molecule has 0 aliphatic carbocycles.